The fourth-order valence-corrected chi connectivity index (χ4v) is 4.26. The Labute approximate surface area is 198 Å². The molecule has 3 aromatic carbocycles. The number of rotatable bonds is 5. The van der Waals surface area contributed by atoms with Crippen molar-refractivity contribution in [3.63, 3.8) is 0 Å². The van der Waals surface area contributed by atoms with Crippen molar-refractivity contribution in [3.8, 4) is 11.4 Å². The minimum absolute atomic E-state index is 0.197. The maximum atomic E-state index is 13.3. The van der Waals surface area contributed by atoms with Gasteiger partial charge >= 0.3 is 6.03 Å². The molecule has 1 unspecified atom stereocenters. The molecule has 4 aromatic rings. The van der Waals surface area contributed by atoms with Gasteiger partial charge in [0.25, 0.3) is 5.89 Å². The number of hydrogen-bond acceptors (Lipinski definition) is 4. The SMILES string of the molecule is CCc1ccc(C2NC(=O)N(c3ccc(C)cc3)C(C)=C2c2nc(-c3ccccc3)no2)cc1. The van der Waals surface area contributed by atoms with Crippen LogP contribution in [0.15, 0.2) is 89.1 Å². The first kappa shape index (κ1) is 21.6. The van der Waals surface area contributed by atoms with Gasteiger partial charge in [-0.15, -0.1) is 0 Å². The highest BCUT2D eigenvalue weighted by Crippen LogP contribution is 2.39. The molecule has 2 amide bonds. The lowest BCUT2D eigenvalue weighted by molar-refractivity contribution is 0.244. The van der Waals surface area contributed by atoms with E-state index in [0.29, 0.717) is 11.7 Å². The predicted octanol–water partition coefficient (Wildman–Crippen LogP) is 6.31. The first-order valence-electron chi connectivity index (χ1n) is 11.4. The van der Waals surface area contributed by atoms with Crippen molar-refractivity contribution in [3.05, 3.63) is 107 Å². The highest BCUT2D eigenvalue weighted by atomic mass is 16.5. The highest BCUT2D eigenvalue weighted by Gasteiger charge is 2.36. The monoisotopic (exact) mass is 450 g/mol. The van der Waals surface area contributed by atoms with E-state index in [1.54, 1.807) is 4.90 Å². The van der Waals surface area contributed by atoms with Crippen molar-refractivity contribution in [2.45, 2.75) is 33.2 Å². The molecule has 0 saturated carbocycles. The van der Waals surface area contributed by atoms with Crippen LogP contribution in [0.3, 0.4) is 0 Å². The summed E-state index contributed by atoms with van der Waals surface area (Å²) in [5.74, 6) is 0.896. The molecule has 5 rings (SSSR count). The average molecular weight is 451 g/mol. The summed E-state index contributed by atoms with van der Waals surface area (Å²) in [6, 6.07) is 25.2. The number of carbonyl (C=O) groups excluding carboxylic acids is 1. The molecular weight excluding hydrogens is 424 g/mol. The Hall–Kier alpha value is -4.19. The molecule has 1 aliphatic heterocycles. The van der Waals surface area contributed by atoms with Crippen LogP contribution in [-0.4, -0.2) is 16.2 Å². The van der Waals surface area contributed by atoms with Gasteiger partial charge in [0.1, 0.15) is 0 Å². The molecule has 1 aromatic heterocycles. The number of anilines is 1. The third-order valence-corrected chi connectivity index (χ3v) is 6.19. The first-order valence-corrected chi connectivity index (χ1v) is 11.4. The summed E-state index contributed by atoms with van der Waals surface area (Å²) in [5.41, 5.74) is 6.50. The lowest BCUT2D eigenvalue weighted by atomic mass is 9.93. The number of benzene rings is 3. The fourth-order valence-electron chi connectivity index (χ4n) is 4.26. The Morgan fingerprint density at radius 2 is 1.65 bits per heavy atom. The number of amides is 2. The van der Waals surface area contributed by atoms with Crippen LogP contribution in [0.4, 0.5) is 10.5 Å². The van der Waals surface area contributed by atoms with E-state index in [1.165, 1.54) is 5.56 Å². The van der Waals surface area contributed by atoms with Crippen molar-refractivity contribution in [2.75, 3.05) is 4.90 Å². The summed E-state index contributed by atoms with van der Waals surface area (Å²) in [5, 5.41) is 7.39. The number of hydrogen-bond donors (Lipinski definition) is 1. The van der Waals surface area contributed by atoms with Crippen LogP contribution < -0.4 is 10.2 Å². The van der Waals surface area contributed by atoms with E-state index in [0.717, 1.165) is 40.1 Å². The summed E-state index contributed by atoms with van der Waals surface area (Å²) in [7, 11) is 0. The van der Waals surface area contributed by atoms with E-state index >= 15 is 0 Å². The molecule has 1 N–H and O–H groups in total. The molecule has 2 heterocycles. The van der Waals surface area contributed by atoms with Gasteiger partial charge in [-0.05, 0) is 43.5 Å². The zero-order valence-electron chi connectivity index (χ0n) is 19.4. The second kappa shape index (κ2) is 8.98. The Morgan fingerprint density at radius 1 is 0.941 bits per heavy atom. The van der Waals surface area contributed by atoms with Crippen LogP contribution in [0, 0.1) is 6.92 Å². The van der Waals surface area contributed by atoms with Crippen LogP contribution in [-0.2, 0) is 6.42 Å². The maximum Gasteiger partial charge on any atom is 0.326 e. The number of nitrogens with zero attached hydrogens (tertiary/aromatic N) is 3. The summed E-state index contributed by atoms with van der Waals surface area (Å²) >= 11 is 0. The molecule has 170 valence electrons. The molecule has 1 aliphatic rings. The normalized spacial score (nSPS) is 16.0. The number of carbonyl (C=O) groups is 1. The fraction of sp³-hybridized carbons (Fsp3) is 0.179. The van der Waals surface area contributed by atoms with Crippen LogP contribution in [0.25, 0.3) is 17.0 Å². The third-order valence-electron chi connectivity index (χ3n) is 6.19. The molecule has 34 heavy (non-hydrogen) atoms. The second-order valence-corrected chi connectivity index (χ2v) is 8.44. The average Bonchev–Trinajstić information content (AvgIpc) is 3.35. The minimum Gasteiger partial charge on any atom is -0.334 e. The largest absolute Gasteiger partial charge is 0.334 e. The third kappa shape index (κ3) is 3.99. The van der Waals surface area contributed by atoms with Crippen LogP contribution in [0.5, 0.6) is 0 Å². The van der Waals surface area contributed by atoms with Crippen molar-refractivity contribution in [1.29, 1.82) is 0 Å². The zero-order valence-corrected chi connectivity index (χ0v) is 19.4. The van der Waals surface area contributed by atoms with Gasteiger partial charge in [0, 0.05) is 11.3 Å². The molecule has 0 spiro atoms. The van der Waals surface area contributed by atoms with Gasteiger partial charge in [0.15, 0.2) is 0 Å². The van der Waals surface area contributed by atoms with Crippen LogP contribution >= 0.6 is 0 Å². The van der Waals surface area contributed by atoms with Gasteiger partial charge in [-0.1, -0.05) is 84.4 Å². The molecule has 6 heteroatoms. The van der Waals surface area contributed by atoms with Gasteiger partial charge < -0.3 is 9.84 Å². The molecule has 6 nitrogen and oxygen atoms in total. The lowest BCUT2D eigenvalue weighted by Gasteiger charge is -2.35. The van der Waals surface area contributed by atoms with Gasteiger partial charge in [-0.2, -0.15) is 4.98 Å². The van der Waals surface area contributed by atoms with E-state index in [4.69, 9.17) is 9.51 Å². The second-order valence-electron chi connectivity index (χ2n) is 8.44. The molecule has 0 saturated heterocycles. The van der Waals surface area contributed by atoms with E-state index in [9.17, 15) is 4.79 Å². The summed E-state index contributed by atoms with van der Waals surface area (Å²) < 4.78 is 5.77. The van der Waals surface area contributed by atoms with Crippen LogP contribution in [0.1, 0.15) is 42.5 Å². The van der Waals surface area contributed by atoms with E-state index in [1.807, 2.05) is 80.6 Å². The Bertz CT molecular complexity index is 1340. The topological polar surface area (TPSA) is 71.3 Å². The summed E-state index contributed by atoms with van der Waals surface area (Å²) in [4.78, 5) is 19.7. The Morgan fingerprint density at radius 3 is 2.32 bits per heavy atom. The maximum absolute atomic E-state index is 13.3. The van der Waals surface area contributed by atoms with Crippen molar-refractivity contribution in [1.82, 2.24) is 15.5 Å². The number of aromatic nitrogens is 2. The summed E-state index contributed by atoms with van der Waals surface area (Å²) in [6.07, 6.45) is 0.949. The smallest absolute Gasteiger partial charge is 0.326 e. The van der Waals surface area contributed by atoms with Gasteiger partial charge in [-0.3, -0.25) is 4.90 Å². The predicted molar refractivity (Wildman–Crippen MR) is 133 cm³/mol. The van der Waals surface area contributed by atoms with Crippen molar-refractivity contribution >= 4 is 17.3 Å². The molecule has 0 bridgehead atoms. The van der Waals surface area contributed by atoms with Gasteiger partial charge in [0.2, 0.25) is 5.82 Å². The van der Waals surface area contributed by atoms with Crippen molar-refractivity contribution in [2.24, 2.45) is 0 Å². The number of urea groups is 1. The van der Waals surface area contributed by atoms with E-state index < -0.39 is 6.04 Å². The van der Waals surface area contributed by atoms with Gasteiger partial charge in [0.05, 0.1) is 17.3 Å². The lowest BCUT2D eigenvalue weighted by Crippen LogP contribution is -2.46. The molecule has 0 radical (unpaired) electrons. The van der Waals surface area contributed by atoms with Gasteiger partial charge in [-0.25, -0.2) is 4.79 Å². The molecule has 0 fully saturated rings. The zero-order chi connectivity index (χ0) is 23.7. The Kier molecular flexibility index (Phi) is 5.72. The van der Waals surface area contributed by atoms with E-state index in [2.05, 4.69) is 29.5 Å². The quantitative estimate of drug-likeness (QED) is 0.387. The van der Waals surface area contributed by atoms with E-state index in [-0.39, 0.29) is 6.03 Å². The first-order chi connectivity index (χ1) is 16.5. The number of allylic oxidation sites excluding steroid dienone is 1. The molecular formula is C28H26N4O2. The van der Waals surface area contributed by atoms with Crippen LogP contribution in [0.2, 0.25) is 0 Å². The van der Waals surface area contributed by atoms with Crippen molar-refractivity contribution < 1.29 is 9.32 Å². The molecule has 1 atom stereocenters. The number of nitrogens with one attached hydrogen (secondary N) is 1. The number of aryl methyl sites for hydroxylation is 2. The molecule has 0 aliphatic carbocycles. The standard InChI is InChI=1S/C28H26N4O2/c1-4-20-12-14-21(15-13-20)25-24(27-30-26(31-34-27)22-8-6-5-7-9-22)19(3)32(28(33)29-25)23-16-10-18(2)11-17-23/h5-17,25H,4H2,1-3H3,(H,29,33). The highest BCUT2D eigenvalue weighted by molar-refractivity contribution is 6.01. The minimum atomic E-state index is -0.413. The Balaban J connectivity index is 1.64. The summed E-state index contributed by atoms with van der Waals surface area (Å²) in [6.45, 7) is 6.07.